The molecular weight excluding hydrogens is 72.1 g/mol. The summed E-state index contributed by atoms with van der Waals surface area (Å²) in [6, 6.07) is 0. The second kappa shape index (κ2) is 1.38. The van der Waals surface area contributed by atoms with Gasteiger partial charge in [-0.1, -0.05) is 0 Å². The molecule has 0 unspecified atom stereocenters. The van der Waals surface area contributed by atoms with Crippen molar-refractivity contribution in [2.24, 2.45) is 0 Å². The topological polar surface area (TPSA) is 0 Å². The van der Waals surface area contributed by atoms with Crippen LogP contribution in [0, 0.1) is 6.42 Å². The summed E-state index contributed by atoms with van der Waals surface area (Å²) in [7, 11) is 0. The SMILES string of the molecule is C=C1[CH+]CCC1. The fourth-order valence-corrected chi connectivity index (χ4v) is 0.737. The molecule has 0 amide bonds. The van der Waals surface area contributed by atoms with Gasteiger partial charge in [0.05, 0.1) is 5.57 Å². The molecule has 0 spiro atoms. The van der Waals surface area contributed by atoms with Gasteiger partial charge in [-0.05, 0) is 6.42 Å². The molecule has 0 atom stereocenters. The van der Waals surface area contributed by atoms with Crippen LogP contribution in [0.4, 0.5) is 0 Å². The van der Waals surface area contributed by atoms with Crippen LogP contribution in [-0.2, 0) is 0 Å². The Hall–Kier alpha value is -0.390. The zero-order valence-electron chi connectivity index (χ0n) is 3.91. The molecule has 1 aliphatic rings. The van der Waals surface area contributed by atoms with E-state index in [1.807, 2.05) is 0 Å². The molecule has 0 aromatic heterocycles. The van der Waals surface area contributed by atoms with E-state index in [0.29, 0.717) is 0 Å². The van der Waals surface area contributed by atoms with E-state index in [4.69, 9.17) is 0 Å². The molecule has 0 saturated heterocycles. The summed E-state index contributed by atoms with van der Waals surface area (Å²) in [6.07, 6.45) is 6.04. The van der Waals surface area contributed by atoms with Gasteiger partial charge in [-0.25, -0.2) is 0 Å². The van der Waals surface area contributed by atoms with Crippen LogP contribution in [0.3, 0.4) is 0 Å². The van der Waals surface area contributed by atoms with Gasteiger partial charge in [0.2, 0.25) is 0 Å². The van der Waals surface area contributed by atoms with Crippen LogP contribution in [0.5, 0.6) is 0 Å². The van der Waals surface area contributed by atoms with Gasteiger partial charge in [-0.15, -0.1) is 0 Å². The molecule has 0 aromatic carbocycles. The number of rotatable bonds is 0. The molecule has 32 valence electrons. The number of hydrogen-bond acceptors (Lipinski definition) is 0. The molecule has 1 rings (SSSR count). The van der Waals surface area contributed by atoms with E-state index < -0.39 is 0 Å². The maximum Gasteiger partial charge on any atom is 0.0993 e. The van der Waals surface area contributed by atoms with Crippen molar-refractivity contribution in [1.29, 1.82) is 0 Å². The van der Waals surface area contributed by atoms with Gasteiger partial charge >= 0.3 is 0 Å². The summed E-state index contributed by atoms with van der Waals surface area (Å²) in [5.74, 6) is 0. The van der Waals surface area contributed by atoms with Crippen molar-refractivity contribution in [2.45, 2.75) is 19.3 Å². The zero-order chi connectivity index (χ0) is 4.41. The first-order chi connectivity index (χ1) is 2.89. The van der Waals surface area contributed by atoms with E-state index in [1.54, 1.807) is 0 Å². The molecule has 0 nitrogen and oxygen atoms in total. The largest absolute Gasteiger partial charge is 0.0993 e. The first kappa shape index (κ1) is 3.79. The van der Waals surface area contributed by atoms with Crippen molar-refractivity contribution in [3.63, 3.8) is 0 Å². The first-order valence-corrected chi connectivity index (χ1v) is 2.40. The van der Waals surface area contributed by atoms with Gasteiger partial charge in [0.1, 0.15) is 0 Å². The third kappa shape index (κ3) is 0.563. The second-order valence-corrected chi connectivity index (χ2v) is 1.75. The Morgan fingerprint density at radius 1 is 1.67 bits per heavy atom. The summed E-state index contributed by atoms with van der Waals surface area (Å²) >= 11 is 0. The van der Waals surface area contributed by atoms with Gasteiger partial charge in [0.25, 0.3) is 0 Å². The van der Waals surface area contributed by atoms with E-state index in [1.165, 1.54) is 24.8 Å². The summed E-state index contributed by atoms with van der Waals surface area (Å²) in [4.78, 5) is 0. The van der Waals surface area contributed by atoms with Crippen LogP contribution in [0.25, 0.3) is 0 Å². The molecule has 1 fully saturated rings. The van der Waals surface area contributed by atoms with Crippen molar-refractivity contribution in [3.8, 4) is 0 Å². The van der Waals surface area contributed by atoms with Gasteiger partial charge in [0, 0.05) is 25.8 Å². The van der Waals surface area contributed by atoms with E-state index in [2.05, 4.69) is 13.0 Å². The van der Waals surface area contributed by atoms with E-state index in [-0.39, 0.29) is 0 Å². The molecule has 0 heterocycles. The second-order valence-electron chi connectivity index (χ2n) is 1.75. The minimum absolute atomic E-state index is 1.24. The highest BCUT2D eigenvalue weighted by molar-refractivity contribution is 5.12. The predicted molar refractivity (Wildman–Crippen MR) is 27.3 cm³/mol. The Kier molecular flexibility index (Phi) is 0.868. The third-order valence-electron chi connectivity index (χ3n) is 1.14. The van der Waals surface area contributed by atoms with Crippen LogP contribution in [0.2, 0.25) is 0 Å². The third-order valence-corrected chi connectivity index (χ3v) is 1.14. The van der Waals surface area contributed by atoms with Crippen LogP contribution in [0.15, 0.2) is 12.2 Å². The fraction of sp³-hybridized carbons (Fsp3) is 0.500. The molecule has 0 N–H and O–H groups in total. The minimum Gasteiger partial charge on any atom is -0.0243 e. The molecular formula is C6H9+. The average Bonchev–Trinajstić information content (AvgIpc) is 1.86. The first-order valence-electron chi connectivity index (χ1n) is 2.40. The lowest BCUT2D eigenvalue weighted by Gasteiger charge is -1.69. The standard InChI is InChI=1S/C6H9/c1-6-4-2-3-5-6/h4H,1-3,5H2/q+1. The highest BCUT2D eigenvalue weighted by Crippen LogP contribution is 2.19. The summed E-state index contributed by atoms with van der Waals surface area (Å²) < 4.78 is 0. The van der Waals surface area contributed by atoms with Gasteiger partial charge in [0.15, 0.2) is 0 Å². The molecule has 0 aliphatic heterocycles. The van der Waals surface area contributed by atoms with Crippen LogP contribution in [0.1, 0.15) is 19.3 Å². The maximum absolute atomic E-state index is 3.80. The Balaban J connectivity index is 2.37. The lowest BCUT2D eigenvalue weighted by atomic mass is 10.3. The molecule has 0 aromatic rings. The predicted octanol–water partition coefficient (Wildman–Crippen LogP) is 1.93. The summed E-state index contributed by atoms with van der Waals surface area (Å²) in [5.41, 5.74) is 1.33. The van der Waals surface area contributed by atoms with Crippen molar-refractivity contribution in [3.05, 3.63) is 18.6 Å². The molecule has 1 saturated carbocycles. The van der Waals surface area contributed by atoms with Crippen LogP contribution >= 0.6 is 0 Å². The normalized spacial score (nSPS) is 21.0. The van der Waals surface area contributed by atoms with Crippen molar-refractivity contribution in [2.75, 3.05) is 0 Å². The lowest BCUT2D eigenvalue weighted by Crippen LogP contribution is -1.61. The summed E-state index contributed by atoms with van der Waals surface area (Å²) in [5, 5.41) is 0. The van der Waals surface area contributed by atoms with Crippen molar-refractivity contribution >= 4 is 0 Å². The Labute approximate surface area is 38.9 Å². The molecule has 6 heavy (non-hydrogen) atoms. The van der Waals surface area contributed by atoms with E-state index in [0.717, 1.165) is 0 Å². The maximum atomic E-state index is 3.80. The Bertz CT molecular complexity index is 54.4. The van der Waals surface area contributed by atoms with Gasteiger partial charge in [-0.2, -0.15) is 0 Å². The smallest absolute Gasteiger partial charge is 0.0243 e. The highest BCUT2D eigenvalue weighted by atomic mass is 14.1. The van der Waals surface area contributed by atoms with Crippen LogP contribution in [-0.4, -0.2) is 0 Å². The van der Waals surface area contributed by atoms with Gasteiger partial charge in [-0.3, -0.25) is 0 Å². The zero-order valence-corrected chi connectivity index (χ0v) is 3.91. The van der Waals surface area contributed by atoms with Gasteiger partial charge < -0.3 is 0 Å². The van der Waals surface area contributed by atoms with Crippen LogP contribution < -0.4 is 0 Å². The number of hydrogen-bond donors (Lipinski definition) is 0. The molecule has 0 radical (unpaired) electrons. The Morgan fingerprint density at radius 2 is 2.50 bits per heavy atom. The Morgan fingerprint density at radius 3 is 2.67 bits per heavy atom. The quantitative estimate of drug-likeness (QED) is 0.391. The molecule has 0 bridgehead atoms. The summed E-state index contributed by atoms with van der Waals surface area (Å²) in [6.45, 7) is 3.80. The van der Waals surface area contributed by atoms with E-state index in [9.17, 15) is 0 Å². The molecule has 1 aliphatic carbocycles. The average molecular weight is 81.1 g/mol. The highest BCUT2D eigenvalue weighted by Gasteiger charge is 2.09. The monoisotopic (exact) mass is 81.1 g/mol. The molecule has 0 heteroatoms. The number of allylic oxidation sites excluding steroid dienone is 1. The van der Waals surface area contributed by atoms with Crippen molar-refractivity contribution < 1.29 is 0 Å². The van der Waals surface area contributed by atoms with Crippen molar-refractivity contribution in [1.82, 2.24) is 0 Å². The van der Waals surface area contributed by atoms with E-state index >= 15 is 0 Å². The lowest BCUT2D eigenvalue weighted by molar-refractivity contribution is 0.932. The fourth-order valence-electron chi connectivity index (χ4n) is 0.737. The minimum atomic E-state index is 1.24.